The maximum atomic E-state index is 11.3. The van der Waals surface area contributed by atoms with E-state index >= 15 is 0 Å². The van der Waals surface area contributed by atoms with Crippen molar-refractivity contribution in [2.45, 2.75) is 13.8 Å². The van der Waals surface area contributed by atoms with Crippen LogP contribution >= 0.6 is 0 Å². The van der Waals surface area contributed by atoms with Crippen molar-refractivity contribution >= 4 is 5.97 Å². The lowest BCUT2D eigenvalue weighted by Gasteiger charge is -2.06. The van der Waals surface area contributed by atoms with Crippen LogP contribution in [-0.4, -0.2) is 28.0 Å². The minimum Gasteiger partial charge on any atom is -0.497 e. The summed E-state index contributed by atoms with van der Waals surface area (Å²) in [6.07, 6.45) is 0. The summed E-state index contributed by atoms with van der Waals surface area (Å²) in [6, 6.07) is 7.09. The predicted molar refractivity (Wildman–Crippen MR) is 66.5 cm³/mol. The molecule has 0 atom stereocenters. The summed E-state index contributed by atoms with van der Waals surface area (Å²) >= 11 is 0. The van der Waals surface area contributed by atoms with E-state index in [1.165, 1.54) is 4.68 Å². The highest BCUT2D eigenvalue weighted by Crippen LogP contribution is 2.20. The topological polar surface area (TPSA) is 64.4 Å². The number of methoxy groups -OCH3 is 1. The van der Waals surface area contributed by atoms with Crippen LogP contribution in [0.1, 0.15) is 21.7 Å². The van der Waals surface area contributed by atoms with Gasteiger partial charge < -0.3 is 9.84 Å². The van der Waals surface area contributed by atoms with Crippen LogP contribution in [0.2, 0.25) is 0 Å². The molecule has 1 heterocycles. The Bertz CT molecular complexity index is 585. The fourth-order valence-electron chi connectivity index (χ4n) is 1.77. The van der Waals surface area contributed by atoms with Gasteiger partial charge in [-0.3, -0.25) is 0 Å². The zero-order valence-electron chi connectivity index (χ0n) is 10.5. The summed E-state index contributed by atoms with van der Waals surface area (Å²) in [6.45, 7) is 3.55. The van der Waals surface area contributed by atoms with Crippen molar-refractivity contribution in [2.75, 3.05) is 7.11 Å². The zero-order valence-corrected chi connectivity index (χ0v) is 10.5. The Labute approximate surface area is 105 Å². The molecule has 0 spiro atoms. The van der Waals surface area contributed by atoms with Gasteiger partial charge in [0.1, 0.15) is 5.75 Å². The van der Waals surface area contributed by atoms with Crippen molar-refractivity contribution in [2.24, 2.45) is 0 Å². The van der Waals surface area contributed by atoms with E-state index in [0.717, 1.165) is 5.75 Å². The molecule has 0 saturated heterocycles. The van der Waals surface area contributed by atoms with Crippen LogP contribution in [0.4, 0.5) is 0 Å². The predicted octanol–water partition coefficient (Wildman–Crippen LogP) is 2.20. The Morgan fingerprint density at radius 2 is 1.89 bits per heavy atom. The number of aryl methyl sites for hydroxylation is 1. The maximum Gasteiger partial charge on any atom is 0.354 e. The van der Waals surface area contributed by atoms with Crippen LogP contribution < -0.4 is 4.74 Å². The highest BCUT2D eigenvalue weighted by Gasteiger charge is 2.18. The summed E-state index contributed by atoms with van der Waals surface area (Å²) < 4.78 is 6.50. The highest BCUT2D eigenvalue weighted by molar-refractivity contribution is 5.88. The molecule has 0 amide bonds. The van der Waals surface area contributed by atoms with Crippen LogP contribution in [0.15, 0.2) is 24.3 Å². The van der Waals surface area contributed by atoms with Crippen molar-refractivity contribution < 1.29 is 14.6 Å². The van der Waals surface area contributed by atoms with Gasteiger partial charge in [-0.1, -0.05) is 0 Å². The molecule has 0 aliphatic rings. The Kier molecular flexibility index (Phi) is 3.06. The third kappa shape index (κ3) is 1.95. The van der Waals surface area contributed by atoms with Gasteiger partial charge in [0.15, 0.2) is 5.69 Å². The summed E-state index contributed by atoms with van der Waals surface area (Å²) in [4.78, 5) is 11.3. The first-order valence-corrected chi connectivity index (χ1v) is 5.48. The molecule has 0 fully saturated rings. The van der Waals surface area contributed by atoms with E-state index in [1.807, 2.05) is 0 Å². The third-order valence-electron chi connectivity index (χ3n) is 2.88. The first-order valence-electron chi connectivity index (χ1n) is 5.48. The van der Waals surface area contributed by atoms with Crippen LogP contribution in [0.5, 0.6) is 5.75 Å². The number of aromatic carboxylic acids is 1. The van der Waals surface area contributed by atoms with E-state index in [2.05, 4.69) is 5.10 Å². The van der Waals surface area contributed by atoms with Gasteiger partial charge in [-0.25, -0.2) is 9.48 Å². The second-order valence-electron chi connectivity index (χ2n) is 3.97. The molecule has 0 bridgehead atoms. The van der Waals surface area contributed by atoms with Crippen molar-refractivity contribution in [3.8, 4) is 11.4 Å². The molecule has 2 aromatic rings. The normalized spacial score (nSPS) is 10.4. The van der Waals surface area contributed by atoms with Gasteiger partial charge >= 0.3 is 5.97 Å². The number of rotatable bonds is 3. The van der Waals surface area contributed by atoms with Gasteiger partial charge in [0.25, 0.3) is 0 Å². The van der Waals surface area contributed by atoms with Gasteiger partial charge in [-0.05, 0) is 38.1 Å². The summed E-state index contributed by atoms with van der Waals surface area (Å²) in [7, 11) is 1.58. The van der Waals surface area contributed by atoms with E-state index in [-0.39, 0.29) is 5.69 Å². The first kappa shape index (κ1) is 12.2. The first-order chi connectivity index (χ1) is 8.54. The third-order valence-corrected chi connectivity index (χ3v) is 2.88. The van der Waals surface area contributed by atoms with Crippen molar-refractivity contribution in [3.05, 3.63) is 41.2 Å². The lowest BCUT2D eigenvalue weighted by molar-refractivity contribution is 0.0686. The smallest absolute Gasteiger partial charge is 0.354 e. The lowest BCUT2D eigenvalue weighted by atomic mass is 10.2. The summed E-state index contributed by atoms with van der Waals surface area (Å²) in [5, 5.41) is 13.5. The van der Waals surface area contributed by atoms with Crippen LogP contribution in [-0.2, 0) is 0 Å². The molecule has 18 heavy (non-hydrogen) atoms. The van der Waals surface area contributed by atoms with Crippen molar-refractivity contribution in [1.82, 2.24) is 9.78 Å². The number of hydrogen-bond acceptors (Lipinski definition) is 3. The van der Waals surface area contributed by atoms with Crippen LogP contribution in [0.25, 0.3) is 5.69 Å². The Hall–Kier alpha value is -2.30. The standard InChI is InChI=1S/C13H14N2O3/c1-8-9(2)14-15(12(8)13(16)17)10-4-6-11(18-3)7-5-10/h4-7H,1-3H3,(H,16,17). The van der Waals surface area contributed by atoms with Crippen molar-refractivity contribution in [1.29, 1.82) is 0 Å². The lowest BCUT2D eigenvalue weighted by Crippen LogP contribution is -2.09. The van der Waals surface area contributed by atoms with Gasteiger partial charge in [0, 0.05) is 5.56 Å². The quantitative estimate of drug-likeness (QED) is 0.901. The number of nitrogens with zero attached hydrogens (tertiary/aromatic N) is 2. The summed E-state index contributed by atoms with van der Waals surface area (Å²) in [5.41, 5.74) is 2.28. The molecule has 1 aromatic carbocycles. The molecule has 5 nitrogen and oxygen atoms in total. The van der Waals surface area contributed by atoms with Gasteiger partial charge in [0.2, 0.25) is 0 Å². The highest BCUT2D eigenvalue weighted by atomic mass is 16.5. The molecule has 0 radical (unpaired) electrons. The molecule has 5 heteroatoms. The van der Waals surface area contributed by atoms with E-state index in [0.29, 0.717) is 16.9 Å². The zero-order chi connectivity index (χ0) is 13.3. The van der Waals surface area contributed by atoms with E-state index in [1.54, 1.807) is 45.2 Å². The fraction of sp³-hybridized carbons (Fsp3) is 0.231. The molecule has 2 rings (SSSR count). The van der Waals surface area contributed by atoms with E-state index < -0.39 is 5.97 Å². The van der Waals surface area contributed by atoms with Gasteiger partial charge in [-0.2, -0.15) is 5.10 Å². The van der Waals surface area contributed by atoms with Crippen LogP contribution in [0.3, 0.4) is 0 Å². The Balaban J connectivity index is 2.56. The number of ether oxygens (including phenoxy) is 1. The SMILES string of the molecule is COc1ccc(-n2nc(C)c(C)c2C(=O)O)cc1. The number of carboxylic acids is 1. The average molecular weight is 246 g/mol. The molecule has 0 unspecified atom stereocenters. The average Bonchev–Trinajstić information content (AvgIpc) is 2.66. The number of carboxylic acid groups (broad SMARTS) is 1. The number of aromatic nitrogens is 2. The van der Waals surface area contributed by atoms with Crippen LogP contribution in [0, 0.1) is 13.8 Å². The molecule has 0 aliphatic heterocycles. The van der Waals surface area contributed by atoms with E-state index in [4.69, 9.17) is 4.74 Å². The minimum absolute atomic E-state index is 0.192. The molecule has 0 saturated carbocycles. The number of benzene rings is 1. The number of hydrogen-bond donors (Lipinski definition) is 1. The molecule has 1 aromatic heterocycles. The largest absolute Gasteiger partial charge is 0.497 e. The molecular weight excluding hydrogens is 232 g/mol. The second-order valence-corrected chi connectivity index (χ2v) is 3.97. The number of carbonyl (C=O) groups is 1. The molecule has 1 N–H and O–H groups in total. The van der Waals surface area contributed by atoms with Crippen molar-refractivity contribution in [3.63, 3.8) is 0 Å². The maximum absolute atomic E-state index is 11.3. The Morgan fingerprint density at radius 3 is 2.39 bits per heavy atom. The Morgan fingerprint density at radius 1 is 1.28 bits per heavy atom. The van der Waals surface area contributed by atoms with Gasteiger partial charge in [0.05, 0.1) is 18.5 Å². The second kappa shape index (κ2) is 4.52. The fourth-order valence-corrected chi connectivity index (χ4v) is 1.77. The monoisotopic (exact) mass is 246 g/mol. The minimum atomic E-state index is -0.982. The van der Waals surface area contributed by atoms with Gasteiger partial charge in [-0.15, -0.1) is 0 Å². The molecular formula is C13H14N2O3. The summed E-state index contributed by atoms with van der Waals surface area (Å²) in [5.74, 6) is -0.264. The molecule has 0 aliphatic carbocycles. The van der Waals surface area contributed by atoms with E-state index in [9.17, 15) is 9.90 Å². The molecule has 94 valence electrons.